The third-order valence-corrected chi connectivity index (χ3v) is 4.15. The Labute approximate surface area is 122 Å². The zero-order valence-electron chi connectivity index (χ0n) is 11.4. The van der Waals surface area contributed by atoms with Crippen LogP contribution in [0.1, 0.15) is 23.8 Å². The van der Waals surface area contributed by atoms with E-state index in [0.717, 1.165) is 6.07 Å². The van der Waals surface area contributed by atoms with E-state index in [1.807, 2.05) is 6.92 Å². The normalized spacial score (nSPS) is 11.3. The van der Waals surface area contributed by atoms with Crippen LogP contribution in [0, 0.1) is 0 Å². The number of hydrogen-bond acceptors (Lipinski definition) is 4. The zero-order chi connectivity index (χ0) is 15.5. The van der Waals surface area contributed by atoms with Gasteiger partial charge in [0.2, 0.25) is 0 Å². The number of nitrogens with one attached hydrogen (secondary N) is 1. The number of anilines is 1. The molecule has 7 nitrogen and oxygen atoms in total. The first kappa shape index (κ1) is 15.0. The number of carboxylic acid groups (broad SMARTS) is 1. The molecule has 0 spiro atoms. The molecule has 8 heteroatoms. The Hall–Kier alpha value is -2.35. The summed E-state index contributed by atoms with van der Waals surface area (Å²) in [7, 11) is -3.83. The highest BCUT2D eigenvalue weighted by Crippen LogP contribution is 2.19. The first-order chi connectivity index (χ1) is 9.94. The van der Waals surface area contributed by atoms with Crippen LogP contribution in [0.5, 0.6) is 0 Å². The van der Waals surface area contributed by atoms with Crippen molar-refractivity contribution in [2.45, 2.75) is 24.8 Å². The van der Waals surface area contributed by atoms with Crippen LogP contribution in [0.3, 0.4) is 0 Å². The molecule has 2 aromatic heterocycles. The predicted molar refractivity (Wildman–Crippen MR) is 76.7 cm³/mol. The third kappa shape index (κ3) is 3.40. The number of carbonyl (C=O) groups is 1. The lowest BCUT2D eigenvalue weighted by molar-refractivity contribution is 0.0685. The summed E-state index contributed by atoms with van der Waals surface area (Å²) in [5.41, 5.74) is 0.317. The van der Waals surface area contributed by atoms with Crippen molar-refractivity contribution >= 4 is 21.7 Å². The van der Waals surface area contributed by atoms with E-state index in [0.29, 0.717) is 18.7 Å². The number of aromatic nitrogens is 2. The molecule has 0 unspecified atom stereocenters. The molecule has 0 radical (unpaired) electrons. The minimum atomic E-state index is -3.83. The Balaban J connectivity index is 2.36. The second kappa shape index (κ2) is 5.96. The van der Waals surface area contributed by atoms with Crippen LogP contribution in [0.25, 0.3) is 0 Å². The number of aromatic carboxylic acids is 1. The molecular formula is C13H15N3O4S. The van der Waals surface area contributed by atoms with Crippen LogP contribution < -0.4 is 4.72 Å². The van der Waals surface area contributed by atoms with Crippen LogP contribution >= 0.6 is 0 Å². The van der Waals surface area contributed by atoms with Gasteiger partial charge in [0, 0.05) is 25.1 Å². The van der Waals surface area contributed by atoms with Crippen molar-refractivity contribution in [1.82, 2.24) is 9.55 Å². The molecule has 0 aliphatic rings. The lowest BCUT2D eigenvalue weighted by Gasteiger charge is -2.05. The summed E-state index contributed by atoms with van der Waals surface area (Å²) < 4.78 is 28.3. The fraction of sp³-hybridized carbons (Fsp3) is 0.231. The molecule has 0 saturated heterocycles. The van der Waals surface area contributed by atoms with Gasteiger partial charge in [-0.05, 0) is 24.6 Å². The Bertz CT molecular complexity index is 738. The minimum Gasteiger partial charge on any atom is -0.477 e. The average molecular weight is 309 g/mol. The number of hydrogen-bond donors (Lipinski definition) is 2. The van der Waals surface area contributed by atoms with E-state index in [-0.39, 0.29) is 10.6 Å². The Morgan fingerprint density at radius 2 is 2.05 bits per heavy atom. The largest absolute Gasteiger partial charge is 0.477 e. The highest BCUT2D eigenvalue weighted by atomic mass is 32.2. The quantitative estimate of drug-likeness (QED) is 0.847. The van der Waals surface area contributed by atoms with E-state index in [2.05, 4.69) is 9.71 Å². The fourth-order valence-corrected chi connectivity index (χ4v) is 2.97. The topological polar surface area (TPSA) is 101 Å². The number of sulfonamides is 1. The van der Waals surface area contributed by atoms with E-state index < -0.39 is 16.0 Å². The Morgan fingerprint density at radius 1 is 1.38 bits per heavy atom. The standard InChI is InChI=1S/C13H15N3O4S/c1-2-7-16-9-11(8-12(16)13(17)18)21(19,20)15-10-3-5-14-6-4-10/h3-6,8-9H,2,7H2,1H3,(H,14,15)(H,17,18). The molecule has 0 atom stereocenters. The number of rotatable bonds is 6. The number of carboxylic acids is 1. The number of nitrogens with zero attached hydrogens (tertiary/aromatic N) is 2. The predicted octanol–water partition coefficient (Wildman–Crippen LogP) is 1.79. The van der Waals surface area contributed by atoms with Crippen molar-refractivity contribution in [2.75, 3.05) is 4.72 Å². The van der Waals surface area contributed by atoms with Crippen LogP contribution in [0.15, 0.2) is 41.7 Å². The van der Waals surface area contributed by atoms with Gasteiger partial charge >= 0.3 is 5.97 Å². The summed E-state index contributed by atoms with van der Waals surface area (Å²) in [4.78, 5) is 14.9. The smallest absolute Gasteiger partial charge is 0.352 e. The molecule has 0 fully saturated rings. The number of pyridine rings is 1. The molecule has 0 aromatic carbocycles. The minimum absolute atomic E-state index is 0.0491. The third-order valence-electron chi connectivity index (χ3n) is 2.80. The fourth-order valence-electron chi connectivity index (χ4n) is 1.87. The Kier molecular flexibility index (Phi) is 4.27. The summed E-state index contributed by atoms with van der Waals surface area (Å²) in [5.74, 6) is -1.16. The van der Waals surface area contributed by atoms with Crippen molar-refractivity contribution in [3.8, 4) is 0 Å². The van der Waals surface area contributed by atoms with Crippen LogP contribution in [0.4, 0.5) is 5.69 Å². The van der Waals surface area contributed by atoms with Crippen molar-refractivity contribution in [3.63, 3.8) is 0 Å². The SMILES string of the molecule is CCCn1cc(S(=O)(=O)Nc2ccncc2)cc1C(=O)O. The van der Waals surface area contributed by atoms with Gasteiger partial charge < -0.3 is 9.67 Å². The molecule has 2 aromatic rings. The lowest BCUT2D eigenvalue weighted by atomic mass is 10.4. The summed E-state index contributed by atoms with van der Waals surface area (Å²) in [6.45, 7) is 2.32. The highest BCUT2D eigenvalue weighted by molar-refractivity contribution is 7.92. The second-order valence-electron chi connectivity index (χ2n) is 4.40. The molecule has 0 saturated carbocycles. The molecular weight excluding hydrogens is 294 g/mol. The van der Waals surface area contributed by atoms with Crippen molar-refractivity contribution < 1.29 is 18.3 Å². The summed E-state index contributed by atoms with van der Waals surface area (Å²) in [6.07, 6.45) is 4.95. The van der Waals surface area contributed by atoms with Gasteiger partial charge in [-0.3, -0.25) is 9.71 Å². The van der Waals surface area contributed by atoms with E-state index >= 15 is 0 Å². The van der Waals surface area contributed by atoms with E-state index in [1.54, 1.807) is 0 Å². The molecule has 112 valence electrons. The van der Waals surface area contributed by atoms with Gasteiger partial charge in [-0.1, -0.05) is 6.92 Å². The molecule has 0 aliphatic heterocycles. The van der Waals surface area contributed by atoms with Crippen molar-refractivity contribution in [2.24, 2.45) is 0 Å². The maximum atomic E-state index is 12.3. The van der Waals surface area contributed by atoms with E-state index in [4.69, 9.17) is 5.11 Å². The molecule has 0 amide bonds. The summed E-state index contributed by atoms with van der Waals surface area (Å²) in [6, 6.07) is 4.18. The van der Waals surface area contributed by atoms with Gasteiger partial charge in [0.25, 0.3) is 10.0 Å². The lowest BCUT2D eigenvalue weighted by Crippen LogP contribution is -2.12. The zero-order valence-corrected chi connectivity index (χ0v) is 12.2. The van der Waals surface area contributed by atoms with Gasteiger partial charge in [0.05, 0.1) is 5.69 Å². The van der Waals surface area contributed by atoms with Gasteiger partial charge in [0.15, 0.2) is 0 Å². The maximum absolute atomic E-state index is 12.3. The summed E-state index contributed by atoms with van der Waals surface area (Å²) in [5, 5.41) is 9.12. The molecule has 0 aliphatic carbocycles. The molecule has 2 N–H and O–H groups in total. The molecule has 2 heterocycles. The monoisotopic (exact) mass is 309 g/mol. The average Bonchev–Trinajstić information content (AvgIpc) is 2.85. The van der Waals surface area contributed by atoms with Crippen molar-refractivity contribution in [1.29, 1.82) is 0 Å². The first-order valence-electron chi connectivity index (χ1n) is 6.30. The van der Waals surface area contributed by atoms with Gasteiger partial charge in [-0.2, -0.15) is 0 Å². The Morgan fingerprint density at radius 3 is 2.62 bits per heavy atom. The summed E-state index contributed by atoms with van der Waals surface area (Å²) >= 11 is 0. The van der Waals surface area contributed by atoms with Gasteiger partial charge in [-0.25, -0.2) is 13.2 Å². The first-order valence-corrected chi connectivity index (χ1v) is 7.78. The van der Waals surface area contributed by atoms with Crippen LogP contribution in [0.2, 0.25) is 0 Å². The van der Waals surface area contributed by atoms with Gasteiger partial charge in [-0.15, -0.1) is 0 Å². The van der Waals surface area contributed by atoms with Crippen LogP contribution in [-0.2, 0) is 16.6 Å². The van der Waals surface area contributed by atoms with E-state index in [9.17, 15) is 13.2 Å². The van der Waals surface area contributed by atoms with Crippen LogP contribution in [-0.4, -0.2) is 29.0 Å². The highest BCUT2D eigenvalue weighted by Gasteiger charge is 2.21. The van der Waals surface area contributed by atoms with Crippen molar-refractivity contribution in [3.05, 3.63) is 42.5 Å². The molecule has 0 bridgehead atoms. The second-order valence-corrected chi connectivity index (χ2v) is 6.08. The molecule has 21 heavy (non-hydrogen) atoms. The number of aryl methyl sites for hydroxylation is 1. The maximum Gasteiger partial charge on any atom is 0.352 e. The van der Waals surface area contributed by atoms with Gasteiger partial charge in [0.1, 0.15) is 10.6 Å². The van der Waals surface area contributed by atoms with E-state index in [1.165, 1.54) is 35.3 Å². The molecule has 2 rings (SSSR count).